The number of aryl methyl sites for hydroxylation is 1. The number of rotatable bonds is 6. The van der Waals surface area contributed by atoms with Gasteiger partial charge in [-0.25, -0.2) is 4.79 Å². The highest BCUT2D eigenvalue weighted by atomic mass is 16.2. The van der Waals surface area contributed by atoms with Gasteiger partial charge in [-0.1, -0.05) is 57.9 Å². The zero-order valence-electron chi connectivity index (χ0n) is 16.4. The van der Waals surface area contributed by atoms with Crippen molar-refractivity contribution in [2.24, 2.45) is 5.92 Å². The molecule has 1 aliphatic heterocycles. The molecule has 1 aromatic carbocycles. The summed E-state index contributed by atoms with van der Waals surface area (Å²) in [5.41, 5.74) is 1.50. The van der Waals surface area contributed by atoms with Gasteiger partial charge in [0.05, 0.1) is 6.04 Å². The molecule has 1 aromatic rings. The van der Waals surface area contributed by atoms with E-state index in [9.17, 15) is 14.4 Å². The average Bonchev–Trinajstić information content (AvgIpc) is 3.20. The number of carbonyl (C=O) groups is 3. The van der Waals surface area contributed by atoms with Gasteiger partial charge in [0.1, 0.15) is 12.1 Å². The second kappa shape index (κ2) is 7.71. The van der Waals surface area contributed by atoms with Crippen molar-refractivity contribution in [3.63, 3.8) is 0 Å². The summed E-state index contributed by atoms with van der Waals surface area (Å²) in [6, 6.07) is 7.59. The maximum absolute atomic E-state index is 12.7. The molecule has 4 amide bonds. The van der Waals surface area contributed by atoms with Crippen LogP contribution in [0.15, 0.2) is 24.3 Å². The molecule has 0 aromatic heterocycles. The summed E-state index contributed by atoms with van der Waals surface area (Å²) in [5, 5.41) is 5.82. The predicted octanol–water partition coefficient (Wildman–Crippen LogP) is 2.93. The Labute approximate surface area is 160 Å². The Morgan fingerprint density at radius 2 is 1.81 bits per heavy atom. The Morgan fingerprint density at radius 3 is 2.37 bits per heavy atom. The molecule has 1 aliphatic carbocycles. The first kappa shape index (κ1) is 19.4. The molecule has 1 heterocycles. The number of carbonyl (C=O) groups excluding carboxylic acids is 3. The van der Waals surface area contributed by atoms with Crippen LogP contribution in [0.25, 0.3) is 0 Å². The smallest absolute Gasteiger partial charge is 0.325 e. The third-order valence-electron chi connectivity index (χ3n) is 5.73. The van der Waals surface area contributed by atoms with Crippen molar-refractivity contribution >= 4 is 17.8 Å². The Balaban J connectivity index is 1.67. The van der Waals surface area contributed by atoms with Crippen molar-refractivity contribution in [2.75, 3.05) is 6.54 Å². The van der Waals surface area contributed by atoms with Gasteiger partial charge in [-0.3, -0.25) is 14.5 Å². The van der Waals surface area contributed by atoms with Crippen LogP contribution in [0.2, 0.25) is 0 Å². The average molecular weight is 371 g/mol. The standard InChI is InChI=1S/C21H29N3O3/c1-4-15-7-9-16(10-8-15)18(14(2)3)22-17(25)13-24-19(26)21(23-20(24)27)11-5-6-12-21/h7-10,14,18H,4-6,11-13H2,1-3H3,(H,22,25)(H,23,27)/t18-/m1/s1. The number of hydrogen-bond donors (Lipinski definition) is 2. The number of urea groups is 1. The monoisotopic (exact) mass is 371 g/mol. The van der Waals surface area contributed by atoms with E-state index in [0.29, 0.717) is 12.8 Å². The summed E-state index contributed by atoms with van der Waals surface area (Å²) >= 11 is 0. The molecule has 1 spiro atoms. The van der Waals surface area contributed by atoms with Gasteiger partial charge in [-0.05, 0) is 36.3 Å². The van der Waals surface area contributed by atoms with Gasteiger partial charge in [0.15, 0.2) is 0 Å². The van der Waals surface area contributed by atoms with Crippen LogP contribution in [0.3, 0.4) is 0 Å². The van der Waals surface area contributed by atoms with Crippen LogP contribution in [-0.2, 0) is 16.0 Å². The van der Waals surface area contributed by atoms with E-state index in [1.165, 1.54) is 5.56 Å². The van der Waals surface area contributed by atoms with Crippen LogP contribution in [0.1, 0.15) is 63.6 Å². The summed E-state index contributed by atoms with van der Waals surface area (Å²) in [5.74, 6) is -0.383. The molecule has 2 aliphatic rings. The fraction of sp³-hybridized carbons (Fsp3) is 0.571. The molecule has 0 unspecified atom stereocenters. The van der Waals surface area contributed by atoms with E-state index in [4.69, 9.17) is 0 Å². The van der Waals surface area contributed by atoms with Gasteiger partial charge < -0.3 is 10.6 Å². The molecular formula is C21H29N3O3. The minimum Gasteiger partial charge on any atom is -0.347 e. The van der Waals surface area contributed by atoms with Gasteiger partial charge in [-0.15, -0.1) is 0 Å². The van der Waals surface area contributed by atoms with E-state index in [1.54, 1.807) is 0 Å². The van der Waals surface area contributed by atoms with Crippen molar-refractivity contribution in [3.05, 3.63) is 35.4 Å². The highest BCUT2D eigenvalue weighted by Crippen LogP contribution is 2.35. The Morgan fingerprint density at radius 1 is 1.19 bits per heavy atom. The van der Waals surface area contributed by atoms with E-state index in [-0.39, 0.29) is 30.3 Å². The molecule has 6 heteroatoms. The Bertz CT molecular complexity index is 721. The summed E-state index contributed by atoms with van der Waals surface area (Å²) in [7, 11) is 0. The van der Waals surface area contributed by atoms with E-state index in [1.807, 2.05) is 26.0 Å². The lowest BCUT2D eigenvalue weighted by Gasteiger charge is -2.24. The Hall–Kier alpha value is -2.37. The van der Waals surface area contributed by atoms with Gasteiger partial charge >= 0.3 is 6.03 Å². The summed E-state index contributed by atoms with van der Waals surface area (Å²) < 4.78 is 0. The first-order chi connectivity index (χ1) is 12.9. The topological polar surface area (TPSA) is 78.5 Å². The number of imide groups is 1. The fourth-order valence-corrected chi connectivity index (χ4v) is 4.10. The van der Waals surface area contributed by atoms with Crippen molar-refractivity contribution in [3.8, 4) is 0 Å². The first-order valence-electron chi connectivity index (χ1n) is 9.88. The van der Waals surface area contributed by atoms with E-state index in [2.05, 4.69) is 29.7 Å². The minimum absolute atomic E-state index is 0.162. The zero-order chi connectivity index (χ0) is 19.6. The second-order valence-electron chi connectivity index (χ2n) is 8.00. The fourth-order valence-electron chi connectivity index (χ4n) is 4.10. The molecule has 3 rings (SSSR count). The molecule has 146 valence electrons. The van der Waals surface area contributed by atoms with Crippen LogP contribution in [0.5, 0.6) is 0 Å². The van der Waals surface area contributed by atoms with Crippen molar-refractivity contribution in [1.82, 2.24) is 15.5 Å². The lowest BCUT2D eigenvalue weighted by Crippen LogP contribution is -2.46. The van der Waals surface area contributed by atoms with Crippen molar-refractivity contribution in [2.45, 2.75) is 64.5 Å². The normalized spacial score (nSPS) is 19.6. The number of nitrogens with zero attached hydrogens (tertiary/aromatic N) is 1. The molecule has 6 nitrogen and oxygen atoms in total. The van der Waals surface area contributed by atoms with Crippen LogP contribution in [0.4, 0.5) is 4.79 Å². The summed E-state index contributed by atoms with van der Waals surface area (Å²) in [4.78, 5) is 38.6. The first-order valence-corrected chi connectivity index (χ1v) is 9.88. The van der Waals surface area contributed by atoms with Crippen molar-refractivity contribution < 1.29 is 14.4 Å². The molecule has 1 saturated carbocycles. The number of nitrogens with one attached hydrogen (secondary N) is 2. The molecule has 0 radical (unpaired) electrons. The van der Waals surface area contributed by atoms with Crippen molar-refractivity contribution in [1.29, 1.82) is 0 Å². The molecule has 27 heavy (non-hydrogen) atoms. The third-order valence-corrected chi connectivity index (χ3v) is 5.73. The highest BCUT2D eigenvalue weighted by molar-refractivity contribution is 6.09. The third kappa shape index (κ3) is 3.84. The maximum Gasteiger partial charge on any atom is 0.325 e. The largest absolute Gasteiger partial charge is 0.347 e. The summed E-state index contributed by atoms with van der Waals surface area (Å²) in [6.07, 6.45) is 4.14. The zero-order valence-corrected chi connectivity index (χ0v) is 16.4. The minimum atomic E-state index is -0.773. The maximum atomic E-state index is 12.7. The number of hydrogen-bond acceptors (Lipinski definition) is 3. The lowest BCUT2D eigenvalue weighted by molar-refractivity contribution is -0.135. The van der Waals surface area contributed by atoms with Gasteiger partial charge in [-0.2, -0.15) is 0 Å². The highest BCUT2D eigenvalue weighted by Gasteiger charge is 2.52. The van der Waals surface area contributed by atoms with Crippen LogP contribution in [0, 0.1) is 5.92 Å². The molecule has 0 bridgehead atoms. The SMILES string of the molecule is CCc1ccc([C@H](NC(=O)CN2C(=O)NC3(CCCC3)C2=O)C(C)C)cc1. The lowest BCUT2D eigenvalue weighted by atomic mass is 9.95. The van der Waals surface area contributed by atoms with E-state index >= 15 is 0 Å². The Kier molecular flexibility index (Phi) is 5.53. The van der Waals surface area contributed by atoms with Crippen LogP contribution >= 0.6 is 0 Å². The molecule has 2 N–H and O–H groups in total. The van der Waals surface area contributed by atoms with Crippen LogP contribution in [-0.4, -0.2) is 34.8 Å². The van der Waals surface area contributed by atoms with Gasteiger partial charge in [0.2, 0.25) is 5.91 Å². The quantitative estimate of drug-likeness (QED) is 0.755. The number of amides is 4. The van der Waals surface area contributed by atoms with Crippen LogP contribution < -0.4 is 10.6 Å². The van der Waals surface area contributed by atoms with Gasteiger partial charge in [0, 0.05) is 0 Å². The second-order valence-corrected chi connectivity index (χ2v) is 8.00. The molecular weight excluding hydrogens is 342 g/mol. The van der Waals surface area contributed by atoms with E-state index in [0.717, 1.165) is 29.7 Å². The summed E-state index contributed by atoms with van der Waals surface area (Å²) in [6.45, 7) is 5.95. The van der Waals surface area contributed by atoms with E-state index < -0.39 is 11.6 Å². The molecule has 2 fully saturated rings. The van der Waals surface area contributed by atoms with Gasteiger partial charge in [0.25, 0.3) is 5.91 Å². The predicted molar refractivity (Wildman–Crippen MR) is 103 cm³/mol. The molecule has 1 saturated heterocycles. The molecule has 1 atom stereocenters. The number of benzene rings is 1.